The van der Waals surface area contributed by atoms with Gasteiger partial charge in [0, 0.05) is 26.2 Å². The average molecular weight is 382 g/mol. The lowest BCUT2D eigenvalue weighted by molar-refractivity contribution is -0.0852. The lowest BCUT2D eigenvalue weighted by atomic mass is 10.1. The number of hydrogen-bond acceptors (Lipinski definition) is 3. The van der Waals surface area contributed by atoms with E-state index >= 15 is 0 Å². The third-order valence-electron chi connectivity index (χ3n) is 2.76. The van der Waals surface area contributed by atoms with Gasteiger partial charge in [-0.05, 0) is 20.8 Å². The molecule has 0 spiro atoms. The van der Waals surface area contributed by atoms with Gasteiger partial charge in [0.2, 0.25) is 0 Å². The summed E-state index contributed by atoms with van der Waals surface area (Å²) in [6.45, 7) is 15.0. The Morgan fingerprint density at radius 2 is 2.21 bits per heavy atom. The van der Waals surface area contributed by atoms with Crippen molar-refractivity contribution in [1.82, 2.24) is 10.2 Å². The number of hydrogen-bond donors (Lipinski definition) is 2. The third-order valence-corrected chi connectivity index (χ3v) is 2.76. The van der Waals surface area contributed by atoms with Gasteiger partial charge in [0.15, 0.2) is 5.96 Å². The number of ether oxygens (including phenoxy) is 1. The van der Waals surface area contributed by atoms with Crippen LogP contribution in [0.2, 0.25) is 0 Å². The van der Waals surface area contributed by atoms with E-state index in [9.17, 15) is 0 Å². The van der Waals surface area contributed by atoms with Gasteiger partial charge in [-0.1, -0.05) is 12.2 Å². The van der Waals surface area contributed by atoms with Crippen molar-refractivity contribution in [3.8, 4) is 0 Å². The van der Waals surface area contributed by atoms with Crippen LogP contribution in [0.1, 0.15) is 20.8 Å². The molecule has 0 radical (unpaired) electrons. The summed E-state index contributed by atoms with van der Waals surface area (Å²) in [7, 11) is 0. The molecule has 1 heterocycles. The Labute approximate surface area is 133 Å². The van der Waals surface area contributed by atoms with Crippen molar-refractivity contribution < 1.29 is 4.74 Å². The van der Waals surface area contributed by atoms with E-state index in [0.29, 0.717) is 12.5 Å². The first-order chi connectivity index (χ1) is 8.39. The maximum atomic E-state index is 5.75. The van der Waals surface area contributed by atoms with Crippen LogP contribution in [-0.4, -0.2) is 55.8 Å². The Morgan fingerprint density at radius 1 is 1.53 bits per heavy atom. The van der Waals surface area contributed by atoms with Crippen molar-refractivity contribution in [1.29, 1.82) is 0 Å². The molecule has 1 rings (SSSR count). The minimum Gasteiger partial charge on any atom is -0.373 e. The van der Waals surface area contributed by atoms with E-state index < -0.39 is 0 Å². The molecule has 19 heavy (non-hydrogen) atoms. The summed E-state index contributed by atoms with van der Waals surface area (Å²) in [4.78, 5) is 6.55. The molecule has 0 aromatic heterocycles. The van der Waals surface area contributed by atoms with Crippen molar-refractivity contribution in [2.75, 3.05) is 39.3 Å². The molecule has 5 nitrogen and oxygen atoms in total. The first-order valence-electron chi connectivity index (χ1n) is 6.43. The number of morpholine rings is 1. The van der Waals surface area contributed by atoms with E-state index in [1.807, 2.05) is 6.92 Å². The molecule has 1 aliphatic heterocycles. The predicted molar refractivity (Wildman–Crippen MR) is 91.2 cm³/mol. The second-order valence-corrected chi connectivity index (χ2v) is 5.47. The molecule has 112 valence electrons. The van der Waals surface area contributed by atoms with E-state index in [2.05, 4.69) is 35.6 Å². The summed E-state index contributed by atoms with van der Waals surface area (Å²) >= 11 is 0. The maximum Gasteiger partial charge on any atom is 0.188 e. The number of aliphatic imine (C=N–C) groups is 1. The SMILES string of the molecule is C=C(C)CN=C(N)NCCN1CCOC(C)(C)C1.I. The van der Waals surface area contributed by atoms with Crippen LogP contribution in [0.4, 0.5) is 0 Å². The lowest BCUT2D eigenvalue weighted by Gasteiger charge is -2.38. The second kappa shape index (κ2) is 8.76. The third kappa shape index (κ3) is 8.43. The van der Waals surface area contributed by atoms with Gasteiger partial charge in [0.25, 0.3) is 0 Å². The summed E-state index contributed by atoms with van der Waals surface area (Å²) < 4.78 is 5.67. The van der Waals surface area contributed by atoms with E-state index in [1.165, 1.54) is 0 Å². The summed E-state index contributed by atoms with van der Waals surface area (Å²) in [5.41, 5.74) is 6.71. The van der Waals surface area contributed by atoms with E-state index in [0.717, 1.165) is 38.4 Å². The zero-order chi connectivity index (χ0) is 13.6. The molecule has 0 aromatic carbocycles. The summed E-state index contributed by atoms with van der Waals surface area (Å²) in [6, 6.07) is 0. The largest absolute Gasteiger partial charge is 0.373 e. The van der Waals surface area contributed by atoms with Gasteiger partial charge in [-0.15, -0.1) is 24.0 Å². The van der Waals surface area contributed by atoms with Crippen LogP contribution < -0.4 is 11.1 Å². The monoisotopic (exact) mass is 382 g/mol. The van der Waals surface area contributed by atoms with Gasteiger partial charge >= 0.3 is 0 Å². The molecular weight excluding hydrogens is 355 g/mol. The first kappa shape index (κ1) is 18.7. The van der Waals surface area contributed by atoms with Gasteiger partial charge in [0.1, 0.15) is 0 Å². The lowest BCUT2D eigenvalue weighted by Crippen LogP contribution is -2.50. The number of halogens is 1. The van der Waals surface area contributed by atoms with Crippen LogP contribution >= 0.6 is 24.0 Å². The van der Waals surface area contributed by atoms with Gasteiger partial charge in [-0.25, -0.2) is 4.99 Å². The fraction of sp³-hybridized carbons (Fsp3) is 0.769. The Balaban J connectivity index is 0.00000324. The van der Waals surface area contributed by atoms with Gasteiger partial charge in [-0.3, -0.25) is 4.90 Å². The molecular formula is C13H27IN4O. The molecule has 0 unspecified atom stereocenters. The molecule has 0 amide bonds. The molecule has 0 atom stereocenters. The van der Waals surface area contributed by atoms with E-state index in [1.54, 1.807) is 0 Å². The quantitative estimate of drug-likeness (QED) is 0.325. The van der Waals surface area contributed by atoms with Crippen LogP contribution in [-0.2, 0) is 4.74 Å². The molecule has 0 aliphatic carbocycles. The number of nitrogens with one attached hydrogen (secondary N) is 1. The highest BCUT2D eigenvalue weighted by atomic mass is 127. The Morgan fingerprint density at radius 3 is 2.79 bits per heavy atom. The fourth-order valence-corrected chi connectivity index (χ4v) is 1.92. The van der Waals surface area contributed by atoms with Crippen LogP contribution in [0.5, 0.6) is 0 Å². The smallest absolute Gasteiger partial charge is 0.188 e. The zero-order valence-corrected chi connectivity index (χ0v) is 14.6. The van der Waals surface area contributed by atoms with Crippen molar-refractivity contribution in [2.45, 2.75) is 26.4 Å². The Bertz CT molecular complexity index is 318. The Kier molecular flexibility index (Phi) is 8.60. The predicted octanol–water partition coefficient (Wildman–Crippen LogP) is 1.20. The summed E-state index contributed by atoms with van der Waals surface area (Å²) in [5.74, 6) is 0.491. The van der Waals surface area contributed by atoms with Crippen LogP contribution in [0, 0.1) is 0 Å². The normalized spacial score (nSPS) is 19.6. The van der Waals surface area contributed by atoms with Gasteiger partial charge < -0.3 is 15.8 Å². The van der Waals surface area contributed by atoms with E-state index in [-0.39, 0.29) is 29.6 Å². The fourth-order valence-electron chi connectivity index (χ4n) is 1.92. The molecule has 1 saturated heterocycles. The van der Waals surface area contributed by atoms with E-state index in [4.69, 9.17) is 10.5 Å². The topological polar surface area (TPSA) is 62.9 Å². The Hall–Kier alpha value is -0.340. The van der Waals surface area contributed by atoms with Crippen molar-refractivity contribution >= 4 is 29.9 Å². The first-order valence-corrected chi connectivity index (χ1v) is 6.43. The molecule has 3 N–H and O–H groups in total. The molecule has 0 saturated carbocycles. The molecule has 0 bridgehead atoms. The van der Waals surface area contributed by atoms with Gasteiger partial charge in [-0.2, -0.15) is 0 Å². The zero-order valence-electron chi connectivity index (χ0n) is 12.2. The molecule has 1 aliphatic rings. The van der Waals surface area contributed by atoms with Crippen molar-refractivity contribution in [2.24, 2.45) is 10.7 Å². The molecule has 6 heteroatoms. The number of guanidine groups is 1. The number of nitrogens with zero attached hydrogens (tertiary/aromatic N) is 2. The van der Waals surface area contributed by atoms with Crippen LogP contribution in [0.3, 0.4) is 0 Å². The second-order valence-electron chi connectivity index (χ2n) is 5.47. The van der Waals surface area contributed by atoms with Crippen molar-refractivity contribution in [3.05, 3.63) is 12.2 Å². The van der Waals surface area contributed by atoms with Crippen molar-refractivity contribution in [3.63, 3.8) is 0 Å². The molecule has 0 aromatic rings. The summed E-state index contributed by atoms with van der Waals surface area (Å²) in [5, 5.41) is 3.12. The average Bonchev–Trinajstić information content (AvgIpc) is 2.25. The summed E-state index contributed by atoms with van der Waals surface area (Å²) in [6.07, 6.45) is 0. The van der Waals surface area contributed by atoms with Gasteiger partial charge in [0.05, 0.1) is 18.8 Å². The maximum absolute atomic E-state index is 5.75. The van der Waals surface area contributed by atoms with Crippen LogP contribution in [0.25, 0.3) is 0 Å². The highest BCUT2D eigenvalue weighted by Gasteiger charge is 2.26. The number of nitrogens with two attached hydrogens (primary N) is 1. The molecule has 1 fully saturated rings. The highest BCUT2D eigenvalue weighted by molar-refractivity contribution is 14.0. The minimum absolute atomic E-state index is 0. The number of rotatable bonds is 5. The van der Waals surface area contributed by atoms with Crippen LogP contribution in [0.15, 0.2) is 17.1 Å². The standard InChI is InChI=1S/C13H26N4O.HI/c1-11(2)9-16-12(14)15-5-6-17-7-8-18-13(3,4)10-17;/h1,5-10H2,2-4H3,(H3,14,15,16);1H. The minimum atomic E-state index is -0.0438. The highest BCUT2D eigenvalue weighted by Crippen LogP contribution is 2.15.